The van der Waals surface area contributed by atoms with Crippen LogP contribution in [0, 0.1) is 0 Å². The van der Waals surface area contributed by atoms with Crippen molar-refractivity contribution in [1.29, 1.82) is 0 Å². The smallest absolute Gasteiger partial charge is 0.0269 e. The van der Waals surface area contributed by atoms with Crippen molar-refractivity contribution in [2.75, 3.05) is 7.05 Å². The molecule has 0 rings (SSSR count). The normalized spacial score (nSPS) is 4.62. The van der Waals surface area contributed by atoms with Crippen molar-refractivity contribution < 1.29 is 0 Å². The molecular weight excluding hydrogens is 98.1 g/mol. The molecule has 0 bridgehead atoms. The fraction of sp³-hybridized carbons (Fsp3) is 0.857. The average molecular weight is 117 g/mol. The standard InChI is InChI=1S/C3H8.C2H5N.C2H6/c2*1-3-2;1-2/h3H2,1-2H3;1H2,2H3;1-2H3. The van der Waals surface area contributed by atoms with E-state index in [1.54, 1.807) is 7.05 Å². The molecule has 1 heteroatoms. The predicted molar refractivity (Wildman–Crippen MR) is 42.8 cm³/mol. The summed E-state index contributed by atoms with van der Waals surface area (Å²) in [7, 11) is 1.64. The van der Waals surface area contributed by atoms with Crippen LogP contribution in [0.3, 0.4) is 0 Å². The van der Waals surface area contributed by atoms with Crippen LogP contribution >= 0.6 is 0 Å². The second kappa shape index (κ2) is 76.9. The minimum atomic E-state index is 1.25. The molecule has 0 N–H and O–H groups in total. The van der Waals surface area contributed by atoms with Gasteiger partial charge in [-0.3, -0.25) is 0 Å². The van der Waals surface area contributed by atoms with Gasteiger partial charge in [-0.15, -0.1) is 0 Å². The van der Waals surface area contributed by atoms with Crippen LogP contribution in [0.15, 0.2) is 4.99 Å². The van der Waals surface area contributed by atoms with Crippen LogP contribution in [0.5, 0.6) is 0 Å². The van der Waals surface area contributed by atoms with E-state index >= 15 is 0 Å². The summed E-state index contributed by atoms with van der Waals surface area (Å²) in [5.74, 6) is 0. The largest absolute Gasteiger partial charge is 0.304 e. The van der Waals surface area contributed by atoms with Crippen molar-refractivity contribution in [3.63, 3.8) is 0 Å². The average Bonchev–Trinajstić information content (AvgIpc) is 1.75. The van der Waals surface area contributed by atoms with Gasteiger partial charge in [-0.2, -0.15) is 0 Å². The Morgan fingerprint density at radius 1 is 1.25 bits per heavy atom. The van der Waals surface area contributed by atoms with Crippen LogP contribution < -0.4 is 0 Å². The minimum absolute atomic E-state index is 1.25. The number of nitrogens with zero attached hydrogens (tertiary/aromatic N) is 1. The summed E-state index contributed by atoms with van der Waals surface area (Å²) in [5, 5.41) is 0. The Labute approximate surface area is 53.8 Å². The van der Waals surface area contributed by atoms with Crippen molar-refractivity contribution in [2.45, 2.75) is 34.1 Å². The Bertz CT molecular complexity index is 18.3. The zero-order valence-electron chi connectivity index (χ0n) is 6.86. The van der Waals surface area contributed by atoms with Crippen molar-refractivity contribution in [3.05, 3.63) is 0 Å². The van der Waals surface area contributed by atoms with Crippen molar-refractivity contribution >= 4 is 6.72 Å². The fourth-order valence-electron chi connectivity index (χ4n) is 0. The van der Waals surface area contributed by atoms with Crippen molar-refractivity contribution in [1.82, 2.24) is 0 Å². The molecule has 0 unspecified atom stereocenters. The Balaban J connectivity index is -0.0000000483. The van der Waals surface area contributed by atoms with Crippen LogP contribution in [0.2, 0.25) is 0 Å². The Kier molecular flexibility index (Phi) is 150. The molecular formula is C7H19N. The molecule has 0 heterocycles. The Morgan fingerprint density at radius 2 is 1.25 bits per heavy atom. The quantitative estimate of drug-likeness (QED) is 0.433. The number of rotatable bonds is 0. The maximum absolute atomic E-state index is 3.25. The molecule has 0 spiro atoms. The van der Waals surface area contributed by atoms with Gasteiger partial charge in [0, 0.05) is 7.05 Å². The highest BCUT2D eigenvalue weighted by Crippen LogP contribution is 1.56. The lowest BCUT2D eigenvalue weighted by Crippen LogP contribution is -1.27. The molecule has 0 fully saturated rings. The van der Waals surface area contributed by atoms with Crippen molar-refractivity contribution in [3.8, 4) is 0 Å². The predicted octanol–water partition coefficient (Wildman–Crippen LogP) is 2.76. The molecule has 0 radical (unpaired) electrons. The van der Waals surface area contributed by atoms with E-state index in [2.05, 4.69) is 25.6 Å². The number of hydrogen-bond donors (Lipinski definition) is 0. The third-order valence-electron chi connectivity index (χ3n) is 0. The summed E-state index contributed by atoms with van der Waals surface area (Å²) in [5.41, 5.74) is 0. The molecule has 0 aliphatic carbocycles. The van der Waals surface area contributed by atoms with Crippen LogP contribution in [-0.4, -0.2) is 13.8 Å². The molecule has 8 heavy (non-hydrogen) atoms. The third-order valence-corrected chi connectivity index (χ3v) is 0. The third kappa shape index (κ3) is 1140. The lowest BCUT2D eigenvalue weighted by atomic mass is 10.6. The molecule has 0 aliphatic rings. The van der Waals surface area contributed by atoms with Crippen molar-refractivity contribution in [2.24, 2.45) is 4.99 Å². The number of hydrogen-bond acceptors (Lipinski definition) is 1. The highest BCUT2D eigenvalue weighted by molar-refractivity contribution is 5.22. The second-order valence-electron chi connectivity index (χ2n) is 1.02. The molecule has 0 aromatic heterocycles. The first-order valence-electron chi connectivity index (χ1n) is 3.18. The van der Waals surface area contributed by atoms with E-state index in [1.807, 2.05) is 13.8 Å². The van der Waals surface area contributed by atoms with Gasteiger partial charge in [0.2, 0.25) is 0 Å². The molecule has 0 aromatic carbocycles. The topological polar surface area (TPSA) is 12.4 Å². The lowest BCUT2D eigenvalue weighted by Gasteiger charge is -1.48. The van der Waals surface area contributed by atoms with Gasteiger partial charge in [-0.05, 0) is 6.72 Å². The monoisotopic (exact) mass is 117 g/mol. The summed E-state index contributed by atoms with van der Waals surface area (Å²) >= 11 is 0. The molecule has 0 saturated carbocycles. The second-order valence-corrected chi connectivity index (χ2v) is 1.02. The maximum atomic E-state index is 3.25. The first-order valence-corrected chi connectivity index (χ1v) is 3.18. The summed E-state index contributed by atoms with van der Waals surface area (Å²) in [4.78, 5) is 3.25. The van der Waals surface area contributed by atoms with E-state index in [4.69, 9.17) is 0 Å². The van der Waals surface area contributed by atoms with E-state index in [-0.39, 0.29) is 0 Å². The van der Waals surface area contributed by atoms with Gasteiger partial charge in [-0.1, -0.05) is 34.1 Å². The van der Waals surface area contributed by atoms with E-state index in [9.17, 15) is 0 Å². The van der Waals surface area contributed by atoms with E-state index in [0.29, 0.717) is 0 Å². The lowest BCUT2D eigenvalue weighted by molar-refractivity contribution is 1.09. The van der Waals surface area contributed by atoms with Gasteiger partial charge in [0.25, 0.3) is 0 Å². The highest BCUT2D eigenvalue weighted by atomic mass is 14.6. The summed E-state index contributed by atoms with van der Waals surface area (Å²) in [6.45, 7) is 11.4. The van der Waals surface area contributed by atoms with Gasteiger partial charge in [0.05, 0.1) is 0 Å². The van der Waals surface area contributed by atoms with E-state index in [1.165, 1.54) is 6.42 Å². The van der Waals surface area contributed by atoms with Crippen LogP contribution in [-0.2, 0) is 0 Å². The van der Waals surface area contributed by atoms with Gasteiger partial charge < -0.3 is 4.99 Å². The first kappa shape index (κ1) is 15.6. The number of aliphatic imine (C=N–C) groups is 1. The Hall–Kier alpha value is -0.330. The molecule has 1 nitrogen and oxygen atoms in total. The molecule has 0 amide bonds. The minimum Gasteiger partial charge on any atom is -0.304 e. The summed E-state index contributed by atoms with van der Waals surface area (Å²) in [6.07, 6.45) is 1.25. The zero-order chi connectivity index (χ0) is 7.41. The Morgan fingerprint density at radius 3 is 1.25 bits per heavy atom. The molecule has 52 valence electrons. The zero-order valence-corrected chi connectivity index (χ0v) is 6.86. The molecule has 0 atom stereocenters. The van der Waals surface area contributed by atoms with Crippen LogP contribution in [0.25, 0.3) is 0 Å². The molecule has 0 aliphatic heterocycles. The fourth-order valence-corrected chi connectivity index (χ4v) is 0. The molecule has 0 aromatic rings. The highest BCUT2D eigenvalue weighted by Gasteiger charge is 1.35. The van der Waals surface area contributed by atoms with Gasteiger partial charge in [-0.25, -0.2) is 0 Å². The SMILES string of the molecule is C=NC.CC.CCC. The maximum Gasteiger partial charge on any atom is 0.0269 e. The molecule has 0 saturated heterocycles. The summed E-state index contributed by atoms with van der Waals surface area (Å²) < 4.78 is 0. The van der Waals surface area contributed by atoms with Gasteiger partial charge >= 0.3 is 0 Å². The first-order chi connectivity index (χ1) is 3.83. The van der Waals surface area contributed by atoms with Crippen LogP contribution in [0.1, 0.15) is 34.1 Å². The summed E-state index contributed by atoms with van der Waals surface area (Å²) in [6, 6.07) is 0. The van der Waals surface area contributed by atoms with Gasteiger partial charge in [0.1, 0.15) is 0 Å². The van der Waals surface area contributed by atoms with Crippen LogP contribution in [0.4, 0.5) is 0 Å². The van der Waals surface area contributed by atoms with E-state index in [0.717, 1.165) is 0 Å². The van der Waals surface area contributed by atoms with E-state index < -0.39 is 0 Å². The van der Waals surface area contributed by atoms with Gasteiger partial charge in [0.15, 0.2) is 0 Å².